The van der Waals surface area contributed by atoms with Gasteiger partial charge in [-0.05, 0) is 44.7 Å². The second-order valence-corrected chi connectivity index (χ2v) is 5.32. The number of thiophene rings is 1. The first-order chi connectivity index (χ1) is 8.85. The van der Waals surface area contributed by atoms with E-state index < -0.39 is 0 Å². The summed E-state index contributed by atoms with van der Waals surface area (Å²) >= 11 is 1.84. The van der Waals surface area contributed by atoms with Gasteiger partial charge in [-0.2, -0.15) is 0 Å². The Labute approximate surface area is 112 Å². The lowest BCUT2D eigenvalue weighted by Crippen LogP contribution is -2.20. The zero-order valence-corrected chi connectivity index (χ0v) is 11.8. The van der Waals surface area contributed by atoms with Crippen molar-refractivity contribution in [2.75, 3.05) is 7.05 Å². The molecule has 0 aliphatic rings. The Hall–Kier alpha value is -1.20. The van der Waals surface area contributed by atoms with Crippen molar-refractivity contribution >= 4 is 11.3 Å². The molecule has 0 aliphatic heterocycles. The molecular weight excluding hydrogens is 244 g/mol. The Morgan fingerprint density at radius 2 is 2.39 bits per heavy atom. The van der Waals surface area contributed by atoms with E-state index in [2.05, 4.69) is 40.1 Å². The summed E-state index contributed by atoms with van der Waals surface area (Å²) in [5.74, 6) is 0. The predicted octanol–water partition coefficient (Wildman–Crippen LogP) is 2.64. The van der Waals surface area contributed by atoms with Crippen molar-refractivity contribution in [1.82, 2.24) is 20.3 Å². The van der Waals surface area contributed by atoms with Crippen LogP contribution in [0.3, 0.4) is 0 Å². The van der Waals surface area contributed by atoms with Gasteiger partial charge in [0.15, 0.2) is 0 Å². The van der Waals surface area contributed by atoms with Gasteiger partial charge in [0.05, 0.1) is 17.9 Å². The van der Waals surface area contributed by atoms with Crippen LogP contribution in [0.15, 0.2) is 23.7 Å². The van der Waals surface area contributed by atoms with E-state index >= 15 is 0 Å². The third-order valence-electron chi connectivity index (χ3n) is 3.15. The molecular formula is C13H20N4S. The van der Waals surface area contributed by atoms with Crippen molar-refractivity contribution in [2.45, 2.75) is 38.8 Å². The van der Waals surface area contributed by atoms with E-state index in [1.165, 1.54) is 17.0 Å². The van der Waals surface area contributed by atoms with Gasteiger partial charge in [-0.1, -0.05) is 11.3 Å². The molecule has 1 N–H and O–H groups in total. The van der Waals surface area contributed by atoms with E-state index in [4.69, 9.17) is 0 Å². The molecule has 5 heteroatoms. The lowest BCUT2D eigenvalue weighted by molar-refractivity contribution is 0.474. The van der Waals surface area contributed by atoms with Crippen LogP contribution in [-0.2, 0) is 13.0 Å². The smallest absolute Gasteiger partial charge is 0.0756 e. The summed E-state index contributed by atoms with van der Waals surface area (Å²) in [5.41, 5.74) is 1.19. The van der Waals surface area contributed by atoms with E-state index in [0.717, 1.165) is 19.4 Å². The molecule has 2 rings (SSSR count). The zero-order valence-electron chi connectivity index (χ0n) is 11.0. The molecule has 1 unspecified atom stereocenters. The number of aromatic nitrogens is 3. The summed E-state index contributed by atoms with van der Waals surface area (Å²) in [6.07, 6.45) is 5.32. The van der Waals surface area contributed by atoms with Gasteiger partial charge in [-0.15, -0.1) is 16.4 Å². The highest BCUT2D eigenvalue weighted by atomic mass is 32.1. The lowest BCUT2D eigenvalue weighted by Gasteiger charge is -2.16. The Bertz CT molecular complexity index is 449. The van der Waals surface area contributed by atoms with Gasteiger partial charge >= 0.3 is 0 Å². The number of hydrogen-bond acceptors (Lipinski definition) is 4. The Kier molecular flexibility index (Phi) is 4.90. The number of rotatable bonds is 7. The summed E-state index contributed by atoms with van der Waals surface area (Å²) < 4.78 is 1.96. The Morgan fingerprint density at radius 3 is 3.06 bits per heavy atom. The van der Waals surface area contributed by atoms with E-state index in [-0.39, 0.29) is 0 Å². The van der Waals surface area contributed by atoms with Crippen LogP contribution in [0.25, 0.3) is 0 Å². The monoisotopic (exact) mass is 264 g/mol. The minimum Gasteiger partial charge on any atom is -0.312 e. The number of aryl methyl sites for hydroxylation is 2. The molecule has 0 saturated heterocycles. The molecule has 0 radical (unpaired) electrons. The zero-order chi connectivity index (χ0) is 12.8. The van der Waals surface area contributed by atoms with Crippen molar-refractivity contribution in [3.63, 3.8) is 0 Å². The molecule has 0 spiro atoms. The van der Waals surface area contributed by atoms with E-state index in [0.29, 0.717) is 6.04 Å². The molecule has 2 heterocycles. The largest absolute Gasteiger partial charge is 0.312 e. The topological polar surface area (TPSA) is 42.7 Å². The average Bonchev–Trinajstić information content (AvgIpc) is 3.05. The standard InChI is InChI=1S/C13H20N4S/c1-3-17-13(10-15-16-17)12(14-2)8-4-6-11-7-5-9-18-11/h5,7,9-10,12,14H,3-4,6,8H2,1-2H3. The van der Waals surface area contributed by atoms with Crippen LogP contribution < -0.4 is 5.32 Å². The summed E-state index contributed by atoms with van der Waals surface area (Å²) in [7, 11) is 2.00. The third-order valence-corrected chi connectivity index (χ3v) is 4.08. The van der Waals surface area contributed by atoms with Gasteiger partial charge in [0, 0.05) is 11.4 Å². The maximum atomic E-state index is 4.09. The molecule has 0 fully saturated rings. The number of nitrogens with zero attached hydrogens (tertiary/aromatic N) is 3. The fourth-order valence-electron chi connectivity index (χ4n) is 2.16. The van der Waals surface area contributed by atoms with Gasteiger partial charge in [-0.25, -0.2) is 4.68 Å². The van der Waals surface area contributed by atoms with E-state index in [1.807, 2.05) is 29.3 Å². The second-order valence-electron chi connectivity index (χ2n) is 4.29. The van der Waals surface area contributed by atoms with Gasteiger partial charge in [0.1, 0.15) is 0 Å². The quantitative estimate of drug-likeness (QED) is 0.836. The first-order valence-corrected chi connectivity index (χ1v) is 7.31. The summed E-state index contributed by atoms with van der Waals surface area (Å²) in [5, 5.41) is 13.6. The average molecular weight is 264 g/mol. The highest BCUT2D eigenvalue weighted by Crippen LogP contribution is 2.20. The van der Waals surface area contributed by atoms with Crippen molar-refractivity contribution in [2.24, 2.45) is 0 Å². The molecule has 4 nitrogen and oxygen atoms in total. The highest BCUT2D eigenvalue weighted by molar-refractivity contribution is 7.09. The maximum Gasteiger partial charge on any atom is 0.0756 e. The molecule has 2 aromatic rings. The minimum atomic E-state index is 0.347. The van der Waals surface area contributed by atoms with E-state index in [1.54, 1.807) is 0 Å². The van der Waals surface area contributed by atoms with Crippen LogP contribution in [-0.4, -0.2) is 22.0 Å². The molecule has 18 heavy (non-hydrogen) atoms. The summed E-state index contributed by atoms with van der Waals surface area (Å²) in [4.78, 5) is 1.46. The van der Waals surface area contributed by atoms with Gasteiger partial charge < -0.3 is 5.32 Å². The van der Waals surface area contributed by atoms with Crippen molar-refractivity contribution in [3.8, 4) is 0 Å². The van der Waals surface area contributed by atoms with Crippen LogP contribution >= 0.6 is 11.3 Å². The fraction of sp³-hybridized carbons (Fsp3) is 0.538. The van der Waals surface area contributed by atoms with Crippen molar-refractivity contribution < 1.29 is 0 Å². The normalized spacial score (nSPS) is 12.8. The van der Waals surface area contributed by atoms with Gasteiger partial charge in [0.25, 0.3) is 0 Å². The van der Waals surface area contributed by atoms with Gasteiger partial charge in [-0.3, -0.25) is 0 Å². The van der Waals surface area contributed by atoms with Crippen molar-refractivity contribution in [3.05, 3.63) is 34.3 Å². The van der Waals surface area contributed by atoms with Crippen LogP contribution in [0.4, 0.5) is 0 Å². The number of nitrogens with one attached hydrogen (secondary N) is 1. The Morgan fingerprint density at radius 1 is 1.50 bits per heavy atom. The van der Waals surface area contributed by atoms with Crippen LogP contribution in [0, 0.1) is 0 Å². The minimum absolute atomic E-state index is 0.347. The predicted molar refractivity (Wildman–Crippen MR) is 74.8 cm³/mol. The molecule has 1 atom stereocenters. The molecule has 0 saturated carbocycles. The number of hydrogen-bond donors (Lipinski definition) is 1. The summed E-state index contributed by atoms with van der Waals surface area (Å²) in [6.45, 7) is 2.97. The third kappa shape index (κ3) is 3.17. The molecule has 0 amide bonds. The van der Waals surface area contributed by atoms with E-state index in [9.17, 15) is 0 Å². The van der Waals surface area contributed by atoms with Crippen molar-refractivity contribution in [1.29, 1.82) is 0 Å². The second kappa shape index (κ2) is 6.66. The first kappa shape index (κ1) is 13.2. The van der Waals surface area contributed by atoms with Gasteiger partial charge in [0.2, 0.25) is 0 Å². The molecule has 0 aromatic carbocycles. The Balaban J connectivity index is 1.89. The summed E-state index contributed by atoms with van der Waals surface area (Å²) in [6, 6.07) is 4.67. The maximum absolute atomic E-state index is 4.09. The molecule has 0 bridgehead atoms. The fourth-order valence-corrected chi connectivity index (χ4v) is 2.91. The lowest BCUT2D eigenvalue weighted by atomic mass is 10.1. The van der Waals surface area contributed by atoms with Crippen LogP contribution in [0.5, 0.6) is 0 Å². The van der Waals surface area contributed by atoms with Crippen LogP contribution in [0.1, 0.15) is 36.4 Å². The molecule has 2 aromatic heterocycles. The van der Waals surface area contributed by atoms with Crippen LogP contribution in [0.2, 0.25) is 0 Å². The highest BCUT2D eigenvalue weighted by Gasteiger charge is 2.14. The SMILES string of the molecule is CCn1nncc1C(CCCc1cccs1)NC. The first-order valence-electron chi connectivity index (χ1n) is 6.43. The molecule has 98 valence electrons. The molecule has 0 aliphatic carbocycles.